The minimum Gasteiger partial charge on any atom is -0.338 e. The molecule has 1 atom stereocenters. The first-order valence-corrected chi connectivity index (χ1v) is 10.3. The van der Waals surface area contributed by atoms with Gasteiger partial charge in [-0.1, -0.05) is 12.1 Å². The minimum atomic E-state index is -3.50. The largest absolute Gasteiger partial charge is 0.338 e. The summed E-state index contributed by atoms with van der Waals surface area (Å²) in [6, 6.07) is 3.27. The van der Waals surface area contributed by atoms with Crippen LogP contribution in [0.25, 0.3) is 0 Å². The molecular weight excluding hydrogens is 334 g/mol. The van der Waals surface area contributed by atoms with Crippen LogP contribution in [-0.4, -0.2) is 29.4 Å². The third-order valence-corrected chi connectivity index (χ3v) is 8.04. The Morgan fingerprint density at radius 1 is 1.35 bits per heavy atom. The van der Waals surface area contributed by atoms with Gasteiger partial charge in [-0.15, -0.1) is 11.3 Å². The molecule has 0 N–H and O–H groups in total. The van der Waals surface area contributed by atoms with Gasteiger partial charge in [0.15, 0.2) is 5.82 Å². The Labute approximate surface area is 139 Å². The first-order chi connectivity index (χ1) is 11.1. The van der Waals surface area contributed by atoms with E-state index in [-0.39, 0.29) is 6.04 Å². The lowest BCUT2D eigenvalue weighted by Gasteiger charge is -2.20. The average Bonchev–Trinajstić information content (AvgIpc) is 3.03. The normalized spacial score (nSPS) is 22.7. The van der Waals surface area contributed by atoms with E-state index in [1.165, 1.54) is 15.6 Å². The number of thiophene rings is 1. The summed E-state index contributed by atoms with van der Waals surface area (Å²) in [6.07, 6.45) is 4.59. The van der Waals surface area contributed by atoms with Gasteiger partial charge in [0.05, 0.1) is 0 Å². The van der Waals surface area contributed by atoms with Crippen LogP contribution in [0.1, 0.15) is 61.2 Å². The quantitative estimate of drug-likeness (QED) is 0.825. The molecule has 4 rings (SSSR count). The number of rotatable bonds is 5. The van der Waals surface area contributed by atoms with Crippen LogP contribution in [0.5, 0.6) is 0 Å². The summed E-state index contributed by atoms with van der Waals surface area (Å²) < 4.78 is 33.2. The maximum atomic E-state index is 12.9. The van der Waals surface area contributed by atoms with Crippen molar-refractivity contribution in [2.45, 2.75) is 55.2 Å². The number of aromatic nitrogens is 2. The zero-order valence-electron chi connectivity index (χ0n) is 12.9. The molecule has 1 unspecified atom stereocenters. The topological polar surface area (TPSA) is 76.3 Å². The molecule has 0 amide bonds. The van der Waals surface area contributed by atoms with Crippen LogP contribution in [-0.2, 0) is 16.4 Å². The second kappa shape index (κ2) is 5.68. The van der Waals surface area contributed by atoms with Gasteiger partial charge in [-0.25, -0.2) is 8.42 Å². The molecule has 8 heteroatoms. The van der Waals surface area contributed by atoms with Gasteiger partial charge in [-0.2, -0.15) is 9.29 Å². The third kappa shape index (κ3) is 2.72. The molecule has 0 spiro atoms. The Balaban J connectivity index is 1.63. The molecule has 0 aromatic carbocycles. The van der Waals surface area contributed by atoms with Gasteiger partial charge in [-0.05, 0) is 44.2 Å². The molecule has 1 aliphatic carbocycles. The molecular formula is C15H19N3O3S2. The Kier molecular flexibility index (Phi) is 3.78. The molecule has 1 saturated heterocycles. The smallest absolute Gasteiger partial charge is 0.253 e. The second-order valence-corrected chi connectivity index (χ2v) is 9.40. The second-order valence-electron chi connectivity index (χ2n) is 6.11. The van der Waals surface area contributed by atoms with Gasteiger partial charge in [0.1, 0.15) is 10.3 Å². The van der Waals surface area contributed by atoms with Crippen LogP contribution in [0.15, 0.2) is 20.9 Å². The van der Waals surface area contributed by atoms with E-state index in [1.807, 2.05) is 13.0 Å². The van der Waals surface area contributed by atoms with E-state index >= 15 is 0 Å². The van der Waals surface area contributed by atoms with Crippen LogP contribution < -0.4 is 0 Å². The van der Waals surface area contributed by atoms with Gasteiger partial charge < -0.3 is 4.52 Å². The van der Waals surface area contributed by atoms with Crippen LogP contribution in [0.2, 0.25) is 0 Å². The van der Waals surface area contributed by atoms with Crippen molar-refractivity contribution in [3.63, 3.8) is 0 Å². The van der Waals surface area contributed by atoms with Crippen molar-refractivity contribution in [1.82, 2.24) is 14.4 Å². The van der Waals surface area contributed by atoms with Crippen molar-refractivity contribution in [1.29, 1.82) is 0 Å². The SMILES string of the molecule is CCc1ccc(S(=O)(=O)N2CCCC2c2nc(C3CC3)no2)s1. The minimum absolute atomic E-state index is 0.327. The molecule has 124 valence electrons. The van der Waals surface area contributed by atoms with Crippen molar-refractivity contribution in [2.75, 3.05) is 6.54 Å². The van der Waals surface area contributed by atoms with Crippen molar-refractivity contribution < 1.29 is 12.9 Å². The molecule has 2 aliphatic rings. The lowest BCUT2D eigenvalue weighted by atomic mass is 10.2. The molecule has 3 heterocycles. The Hall–Kier alpha value is -1.25. The van der Waals surface area contributed by atoms with E-state index in [0.717, 1.165) is 42.8 Å². The van der Waals surface area contributed by atoms with Gasteiger partial charge in [-0.3, -0.25) is 0 Å². The third-order valence-electron chi connectivity index (χ3n) is 4.44. The van der Waals surface area contributed by atoms with Crippen LogP contribution in [0, 0.1) is 0 Å². The number of hydrogen-bond donors (Lipinski definition) is 0. The summed E-state index contributed by atoms with van der Waals surface area (Å²) in [4.78, 5) is 5.53. The van der Waals surface area contributed by atoms with Gasteiger partial charge in [0.25, 0.3) is 10.0 Å². The summed E-state index contributed by atoms with van der Waals surface area (Å²) in [5.74, 6) is 1.58. The molecule has 0 bridgehead atoms. The fourth-order valence-corrected chi connectivity index (χ4v) is 6.04. The summed E-state index contributed by atoms with van der Waals surface area (Å²) in [7, 11) is -3.50. The summed E-state index contributed by atoms with van der Waals surface area (Å²) in [5, 5.41) is 4.02. The van der Waals surface area contributed by atoms with E-state index in [9.17, 15) is 8.42 Å². The molecule has 2 aromatic heterocycles. The van der Waals surface area contributed by atoms with Crippen molar-refractivity contribution >= 4 is 21.4 Å². The Morgan fingerprint density at radius 2 is 2.17 bits per heavy atom. The Bertz CT molecular complexity index is 808. The predicted octanol–water partition coefficient (Wildman–Crippen LogP) is 3.10. The molecule has 1 saturated carbocycles. The predicted molar refractivity (Wildman–Crippen MR) is 85.8 cm³/mol. The zero-order chi connectivity index (χ0) is 16.0. The number of aryl methyl sites for hydroxylation is 1. The first kappa shape index (κ1) is 15.3. The molecule has 2 aromatic rings. The monoisotopic (exact) mass is 353 g/mol. The highest BCUT2D eigenvalue weighted by Gasteiger charge is 2.40. The first-order valence-electron chi connectivity index (χ1n) is 8.03. The van der Waals surface area contributed by atoms with Crippen molar-refractivity contribution in [2.24, 2.45) is 0 Å². The van der Waals surface area contributed by atoms with E-state index < -0.39 is 10.0 Å². The molecule has 6 nitrogen and oxygen atoms in total. The number of sulfonamides is 1. The van der Waals surface area contributed by atoms with Gasteiger partial charge in [0.2, 0.25) is 5.89 Å². The fraction of sp³-hybridized carbons (Fsp3) is 0.600. The van der Waals surface area contributed by atoms with Crippen LogP contribution in [0.3, 0.4) is 0 Å². The van der Waals surface area contributed by atoms with Crippen molar-refractivity contribution in [3.8, 4) is 0 Å². The van der Waals surface area contributed by atoms with E-state index in [2.05, 4.69) is 10.1 Å². The lowest BCUT2D eigenvalue weighted by molar-refractivity contribution is 0.289. The maximum absolute atomic E-state index is 12.9. The fourth-order valence-electron chi connectivity index (χ4n) is 2.97. The van der Waals surface area contributed by atoms with E-state index in [1.54, 1.807) is 6.07 Å². The standard InChI is InChI=1S/C15H19N3O3S2/c1-2-11-7-8-13(22-11)23(19,20)18-9-3-4-12(18)15-16-14(17-21-15)10-5-6-10/h7-8,10,12H,2-6,9H2,1H3. The average molecular weight is 353 g/mol. The highest BCUT2D eigenvalue weighted by molar-refractivity contribution is 7.91. The maximum Gasteiger partial charge on any atom is 0.253 e. The van der Waals surface area contributed by atoms with E-state index in [4.69, 9.17) is 4.52 Å². The lowest BCUT2D eigenvalue weighted by Crippen LogP contribution is -2.30. The Morgan fingerprint density at radius 3 is 2.87 bits per heavy atom. The summed E-state index contributed by atoms with van der Waals surface area (Å²) in [5.41, 5.74) is 0. The van der Waals surface area contributed by atoms with Crippen LogP contribution >= 0.6 is 11.3 Å². The number of nitrogens with zero attached hydrogens (tertiary/aromatic N) is 3. The molecule has 23 heavy (non-hydrogen) atoms. The van der Waals surface area contributed by atoms with Gasteiger partial charge >= 0.3 is 0 Å². The highest BCUT2D eigenvalue weighted by atomic mass is 32.2. The van der Waals surface area contributed by atoms with Gasteiger partial charge in [0, 0.05) is 17.3 Å². The molecule has 1 aliphatic heterocycles. The molecule has 2 fully saturated rings. The molecule has 0 radical (unpaired) electrons. The summed E-state index contributed by atoms with van der Waals surface area (Å²) in [6.45, 7) is 2.53. The number of hydrogen-bond acceptors (Lipinski definition) is 6. The highest BCUT2D eigenvalue weighted by Crippen LogP contribution is 2.41. The zero-order valence-corrected chi connectivity index (χ0v) is 14.6. The van der Waals surface area contributed by atoms with Crippen LogP contribution in [0.4, 0.5) is 0 Å². The van der Waals surface area contributed by atoms with E-state index in [0.29, 0.717) is 22.6 Å². The van der Waals surface area contributed by atoms with Crippen molar-refractivity contribution in [3.05, 3.63) is 28.7 Å². The summed E-state index contributed by atoms with van der Waals surface area (Å²) >= 11 is 1.35.